The number of rotatable bonds is 8. The van der Waals surface area contributed by atoms with Crippen LogP contribution in [0.3, 0.4) is 0 Å². The summed E-state index contributed by atoms with van der Waals surface area (Å²) in [6.45, 7) is 2.55. The molecule has 1 N–H and O–H groups in total. The molecule has 7 heteroatoms. The van der Waals surface area contributed by atoms with Crippen LogP contribution in [0.2, 0.25) is 0 Å². The van der Waals surface area contributed by atoms with Gasteiger partial charge in [-0.2, -0.15) is 0 Å². The Kier molecular flexibility index (Phi) is 6.43. The maximum Gasteiger partial charge on any atom is 0.305 e. The predicted octanol–water partition coefficient (Wildman–Crippen LogP) is 3.56. The molecule has 1 heterocycles. The summed E-state index contributed by atoms with van der Waals surface area (Å²) >= 11 is 3.36. The molecule has 1 amide bonds. The highest BCUT2D eigenvalue weighted by molar-refractivity contribution is 9.10. The van der Waals surface area contributed by atoms with Gasteiger partial charge in [-0.3, -0.25) is 9.59 Å². The molecule has 0 spiro atoms. The van der Waals surface area contributed by atoms with Gasteiger partial charge in [-0.25, -0.2) is 0 Å². The minimum Gasteiger partial charge on any atom is -0.486 e. The minimum atomic E-state index is -0.941. The zero-order valence-corrected chi connectivity index (χ0v) is 14.8. The molecule has 1 aromatic heterocycles. The van der Waals surface area contributed by atoms with Crippen molar-refractivity contribution in [3.63, 3.8) is 0 Å². The predicted molar refractivity (Wildman–Crippen MR) is 91.0 cm³/mol. The first kappa shape index (κ1) is 18.1. The molecule has 2 aromatic rings. The van der Waals surface area contributed by atoms with Gasteiger partial charge in [0.15, 0.2) is 5.76 Å². The van der Waals surface area contributed by atoms with Crippen molar-refractivity contribution in [2.75, 3.05) is 13.1 Å². The van der Waals surface area contributed by atoms with E-state index >= 15 is 0 Å². The molecule has 0 unspecified atom stereocenters. The highest BCUT2D eigenvalue weighted by atomic mass is 79.9. The molecule has 24 heavy (non-hydrogen) atoms. The number of carbonyl (C=O) groups excluding carboxylic acids is 1. The van der Waals surface area contributed by atoms with Crippen molar-refractivity contribution >= 4 is 27.8 Å². The maximum absolute atomic E-state index is 12.3. The standard InChI is InChI=1S/C17H18BrNO5/c1-2-19(9-8-16(20)21)17(22)15-7-6-14(24-15)11-23-13-5-3-4-12(18)10-13/h3-7,10H,2,8-9,11H2,1H3,(H,20,21). The molecule has 0 fully saturated rings. The van der Waals surface area contributed by atoms with E-state index in [4.69, 9.17) is 14.3 Å². The minimum absolute atomic E-state index is 0.0981. The second-order valence-corrected chi connectivity index (χ2v) is 5.96. The first-order chi connectivity index (χ1) is 11.5. The van der Waals surface area contributed by atoms with Crippen LogP contribution in [0, 0.1) is 0 Å². The van der Waals surface area contributed by atoms with Gasteiger partial charge in [0.05, 0.1) is 6.42 Å². The van der Waals surface area contributed by atoms with E-state index in [0.29, 0.717) is 18.1 Å². The van der Waals surface area contributed by atoms with Crippen LogP contribution in [0.1, 0.15) is 29.7 Å². The van der Waals surface area contributed by atoms with Gasteiger partial charge in [0.25, 0.3) is 5.91 Å². The Hall–Kier alpha value is -2.28. The van der Waals surface area contributed by atoms with Crippen LogP contribution < -0.4 is 4.74 Å². The van der Waals surface area contributed by atoms with Crippen molar-refractivity contribution in [1.82, 2.24) is 4.90 Å². The molecule has 128 valence electrons. The van der Waals surface area contributed by atoms with Crippen LogP contribution >= 0.6 is 15.9 Å². The SMILES string of the molecule is CCN(CCC(=O)O)C(=O)c1ccc(COc2cccc(Br)c2)o1. The van der Waals surface area contributed by atoms with E-state index in [-0.39, 0.29) is 31.2 Å². The summed E-state index contributed by atoms with van der Waals surface area (Å²) in [5, 5.41) is 8.73. The van der Waals surface area contributed by atoms with Crippen molar-refractivity contribution < 1.29 is 23.8 Å². The lowest BCUT2D eigenvalue weighted by Crippen LogP contribution is -2.32. The summed E-state index contributed by atoms with van der Waals surface area (Å²) in [6, 6.07) is 10.7. The quantitative estimate of drug-likeness (QED) is 0.738. The molecule has 0 bridgehead atoms. The Balaban J connectivity index is 1.96. The number of halogens is 1. The second-order valence-electron chi connectivity index (χ2n) is 5.04. The number of carboxylic acid groups (broad SMARTS) is 1. The Bertz CT molecular complexity index is 713. The number of aliphatic carboxylic acids is 1. The molecule has 1 aromatic carbocycles. The third-order valence-corrected chi connectivity index (χ3v) is 3.81. The van der Waals surface area contributed by atoms with E-state index < -0.39 is 5.97 Å². The van der Waals surface area contributed by atoms with Gasteiger partial charge in [0, 0.05) is 17.6 Å². The van der Waals surface area contributed by atoms with E-state index in [0.717, 1.165) is 4.47 Å². The smallest absolute Gasteiger partial charge is 0.305 e. The fourth-order valence-corrected chi connectivity index (χ4v) is 2.45. The fourth-order valence-electron chi connectivity index (χ4n) is 2.07. The summed E-state index contributed by atoms with van der Waals surface area (Å²) in [7, 11) is 0. The monoisotopic (exact) mass is 395 g/mol. The lowest BCUT2D eigenvalue weighted by Gasteiger charge is -2.18. The summed E-state index contributed by atoms with van der Waals surface area (Å²) in [5.41, 5.74) is 0. The maximum atomic E-state index is 12.3. The molecule has 0 saturated carbocycles. The van der Waals surface area contributed by atoms with E-state index in [1.807, 2.05) is 24.3 Å². The van der Waals surface area contributed by atoms with Crippen molar-refractivity contribution in [1.29, 1.82) is 0 Å². The third-order valence-electron chi connectivity index (χ3n) is 3.31. The Morgan fingerprint density at radius 3 is 2.75 bits per heavy atom. The van der Waals surface area contributed by atoms with Crippen LogP contribution in [-0.2, 0) is 11.4 Å². The highest BCUT2D eigenvalue weighted by Crippen LogP contribution is 2.19. The molecule has 0 atom stereocenters. The topological polar surface area (TPSA) is 80.0 Å². The normalized spacial score (nSPS) is 10.4. The lowest BCUT2D eigenvalue weighted by molar-refractivity contribution is -0.137. The molecular weight excluding hydrogens is 378 g/mol. The van der Waals surface area contributed by atoms with Gasteiger partial charge in [0.1, 0.15) is 18.1 Å². The summed E-state index contributed by atoms with van der Waals surface area (Å²) in [5.74, 6) is 0.115. The van der Waals surface area contributed by atoms with E-state index in [9.17, 15) is 9.59 Å². The number of carbonyl (C=O) groups is 2. The highest BCUT2D eigenvalue weighted by Gasteiger charge is 2.18. The molecule has 2 rings (SSSR count). The van der Waals surface area contributed by atoms with Crippen LogP contribution in [-0.4, -0.2) is 35.0 Å². The number of furan rings is 1. The average Bonchev–Trinajstić information content (AvgIpc) is 3.02. The average molecular weight is 396 g/mol. The summed E-state index contributed by atoms with van der Waals surface area (Å²) in [4.78, 5) is 24.4. The van der Waals surface area contributed by atoms with Crippen LogP contribution in [0.4, 0.5) is 0 Å². The van der Waals surface area contributed by atoms with E-state index in [1.54, 1.807) is 19.1 Å². The van der Waals surface area contributed by atoms with Gasteiger partial charge >= 0.3 is 5.97 Å². The molecule has 6 nitrogen and oxygen atoms in total. The summed E-state index contributed by atoms with van der Waals surface area (Å²) < 4.78 is 12.0. The first-order valence-electron chi connectivity index (χ1n) is 7.47. The Morgan fingerprint density at radius 2 is 2.08 bits per heavy atom. The summed E-state index contributed by atoms with van der Waals surface area (Å²) in [6.07, 6.45) is -0.0981. The number of amides is 1. The number of benzene rings is 1. The zero-order chi connectivity index (χ0) is 17.5. The number of hydrogen-bond donors (Lipinski definition) is 1. The largest absolute Gasteiger partial charge is 0.486 e. The van der Waals surface area contributed by atoms with Crippen molar-refractivity contribution in [3.05, 3.63) is 52.4 Å². The van der Waals surface area contributed by atoms with Gasteiger partial charge < -0.3 is 19.2 Å². The molecule has 0 aliphatic carbocycles. The Labute approximate surface area is 148 Å². The number of hydrogen-bond acceptors (Lipinski definition) is 4. The van der Waals surface area contributed by atoms with Crippen molar-refractivity contribution in [3.8, 4) is 5.75 Å². The fraction of sp³-hybridized carbons (Fsp3) is 0.294. The number of carboxylic acids is 1. The number of ether oxygens (including phenoxy) is 1. The zero-order valence-electron chi connectivity index (χ0n) is 13.2. The first-order valence-corrected chi connectivity index (χ1v) is 8.27. The van der Waals surface area contributed by atoms with Gasteiger partial charge in [-0.05, 0) is 37.3 Å². The van der Waals surface area contributed by atoms with Crippen LogP contribution in [0.5, 0.6) is 5.75 Å². The van der Waals surface area contributed by atoms with Gasteiger partial charge in [0.2, 0.25) is 0 Å². The van der Waals surface area contributed by atoms with E-state index in [1.165, 1.54) is 4.90 Å². The molecular formula is C17H18BrNO5. The van der Waals surface area contributed by atoms with Crippen LogP contribution in [0.15, 0.2) is 45.3 Å². The molecule has 0 saturated heterocycles. The second kappa shape index (κ2) is 8.54. The van der Waals surface area contributed by atoms with Gasteiger partial charge in [-0.1, -0.05) is 22.0 Å². The third kappa shape index (κ3) is 5.13. The van der Waals surface area contributed by atoms with Crippen molar-refractivity contribution in [2.24, 2.45) is 0 Å². The molecule has 0 radical (unpaired) electrons. The number of nitrogens with zero attached hydrogens (tertiary/aromatic N) is 1. The Morgan fingerprint density at radius 1 is 1.29 bits per heavy atom. The lowest BCUT2D eigenvalue weighted by atomic mass is 10.3. The van der Waals surface area contributed by atoms with Crippen LogP contribution in [0.25, 0.3) is 0 Å². The van der Waals surface area contributed by atoms with E-state index in [2.05, 4.69) is 15.9 Å². The van der Waals surface area contributed by atoms with Crippen molar-refractivity contribution in [2.45, 2.75) is 20.0 Å². The van der Waals surface area contributed by atoms with Gasteiger partial charge in [-0.15, -0.1) is 0 Å². The molecule has 0 aliphatic heterocycles. The molecule has 0 aliphatic rings.